The van der Waals surface area contributed by atoms with Crippen LogP contribution in [0.2, 0.25) is 0 Å². The molecular formula is C13H15N3O. The molecule has 2 aromatic rings. The first-order chi connectivity index (χ1) is 8.16. The topological polar surface area (TPSA) is 46.9 Å². The van der Waals surface area contributed by atoms with Gasteiger partial charge in [-0.15, -0.1) is 0 Å². The van der Waals surface area contributed by atoms with Gasteiger partial charge in [0, 0.05) is 31.7 Å². The highest BCUT2D eigenvalue weighted by molar-refractivity contribution is 5.42. The SMILES string of the molecule is CC(Nc1ccc(=O)n(C)c1)c1cccnc1. The predicted molar refractivity (Wildman–Crippen MR) is 68.0 cm³/mol. The van der Waals surface area contributed by atoms with E-state index < -0.39 is 0 Å². The molecule has 1 N–H and O–H groups in total. The zero-order chi connectivity index (χ0) is 12.3. The van der Waals surface area contributed by atoms with Crippen molar-refractivity contribution in [2.75, 3.05) is 5.32 Å². The maximum atomic E-state index is 11.3. The van der Waals surface area contributed by atoms with Gasteiger partial charge in [0.1, 0.15) is 0 Å². The molecule has 2 rings (SSSR count). The van der Waals surface area contributed by atoms with Crippen LogP contribution >= 0.6 is 0 Å². The Bertz CT molecular complexity index is 548. The van der Waals surface area contributed by atoms with Crippen LogP contribution in [-0.2, 0) is 7.05 Å². The Balaban J connectivity index is 2.16. The summed E-state index contributed by atoms with van der Waals surface area (Å²) in [4.78, 5) is 15.3. The lowest BCUT2D eigenvalue weighted by atomic mass is 10.1. The molecule has 0 saturated carbocycles. The summed E-state index contributed by atoms with van der Waals surface area (Å²) >= 11 is 0. The zero-order valence-electron chi connectivity index (χ0n) is 9.92. The molecule has 2 aromatic heterocycles. The fourth-order valence-electron chi connectivity index (χ4n) is 1.64. The molecule has 0 bridgehead atoms. The van der Waals surface area contributed by atoms with E-state index in [0.29, 0.717) is 0 Å². The van der Waals surface area contributed by atoms with Crippen LogP contribution in [0, 0.1) is 0 Å². The van der Waals surface area contributed by atoms with Gasteiger partial charge in [-0.05, 0) is 24.6 Å². The second-order valence-corrected chi connectivity index (χ2v) is 4.02. The van der Waals surface area contributed by atoms with Crippen molar-refractivity contribution in [2.45, 2.75) is 13.0 Å². The molecule has 0 aromatic carbocycles. The maximum Gasteiger partial charge on any atom is 0.250 e. The van der Waals surface area contributed by atoms with Gasteiger partial charge in [0.2, 0.25) is 5.56 Å². The van der Waals surface area contributed by atoms with Crippen LogP contribution in [0.4, 0.5) is 5.69 Å². The number of aromatic nitrogens is 2. The molecule has 4 nitrogen and oxygen atoms in total. The summed E-state index contributed by atoms with van der Waals surface area (Å²) in [7, 11) is 1.74. The molecule has 2 heterocycles. The van der Waals surface area contributed by atoms with Gasteiger partial charge in [-0.2, -0.15) is 0 Å². The molecule has 0 aliphatic heterocycles. The van der Waals surface area contributed by atoms with Crippen LogP contribution < -0.4 is 10.9 Å². The van der Waals surface area contributed by atoms with Crippen molar-refractivity contribution in [1.82, 2.24) is 9.55 Å². The van der Waals surface area contributed by atoms with E-state index in [0.717, 1.165) is 11.3 Å². The molecule has 1 atom stereocenters. The fraction of sp³-hybridized carbons (Fsp3) is 0.231. The minimum absolute atomic E-state index is 0.00965. The normalized spacial score (nSPS) is 12.1. The molecule has 0 aliphatic carbocycles. The molecule has 17 heavy (non-hydrogen) atoms. The summed E-state index contributed by atoms with van der Waals surface area (Å²) in [5.41, 5.74) is 2.02. The van der Waals surface area contributed by atoms with E-state index in [4.69, 9.17) is 0 Å². The number of aryl methyl sites for hydroxylation is 1. The Morgan fingerprint density at radius 3 is 2.82 bits per heavy atom. The van der Waals surface area contributed by atoms with Crippen molar-refractivity contribution in [3.8, 4) is 0 Å². The summed E-state index contributed by atoms with van der Waals surface area (Å²) in [6, 6.07) is 7.43. The van der Waals surface area contributed by atoms with E-state index in [9.17, 15) is 4.79 Å². The van der Waals surface area contributed by atoms with Gasteiger partial charge in [0.05, 0.1) is 11.7 Å². The third kappa shape index (κ3) is 2.72. The molecule has 0 amide bonds. The molecule has 4 heteroatoms. The van der Waals surface area contributed by atoms with Gasteiger partial charge < -0.3 is 9.88 Å². The average molecular weight is 229 g/mol. The maximum absolute atomic E-state index is 11.3. The highest BCUT2D eigenvalue weighted by Gasteiger charge is 2.05. The van der Waals surface area contributed by atoms with Crippen LogP contribution in [0.3, 0.4) is 0 Å². The Labute approximate surface area is 99.9 Å². The van der Waals surface area contributed by atoms with Crippen LogP contribution in [0.15, 0.2) is 47.7 Å². The van der Waals surface area contributed by atoms with E-state index in [-0.39, 0.29) is 11.6 Å². The van der Waals surface area contributed by atoms with Crippen LogP contribution in [-0.4, -0.2) is 9.55 Å². The van der Waals surface area contributed by atoms with Gasteiger partial charge in [0.25, 0.3) is 0 Å². The van der Waals surface area contributed by atoms with Crippen LogP contribution in [0.25, 0.3) is 0 Å². The van der Waals surface area contributed by atoms with E-state index >= 15 is 0 Å². The van der Waals surface area contributed by atoms with E-state index in [2.05, 4.69) is 17.2 Å². The number of pyridine rings is 2. The summed E-state index contributed by atoms with van der Waals surface area (Å²) in [5.74, 6) is 0. The van der Waals surface area contributed by atoms with Crippen molar-refractivity contribution in [3.05, 3.63) is 58.8 Å². The van der Waals surface area contributed by atoms with E-state index in [1.165, 1.54) is 0 Å². The highest BCUT2D eigenvalue weighted by Crippen LogP contribution is 2.16. The largest absolute Gasteiger partial charge is 0.377 e. The first-order valence-corrected chi connectivity index (χ1v) is 5.50. The minimum Gasteiger partial charge on any atom is -0.377 e. The van der Waals surface area contributed by atoms with Crippen molar-refractivity contribution in [1.29, 1.82) is 0 Å². The summed E-state index contributed by atoms with van der Waals surface area (Å²) < 4.78 is 1.55. The number of anilines is 1. The Morgan fingerprint density at radius 2 is 2.18 bits per heavy atom. The Hall–Kier alpha value is -2.10. The third-order valence-electron chi connectivity index (χ3n) is 2.65. The first-order valence-electron chi connectivity index (χ1n) is 5.50. The zero-order valence-corrected chi connectivity index (χ0v) is 9.92. The second kappa shape index (κ2) is 4.82. The number of rotatable bonds is 3. The lowest BCUT2D eigenvalue weighted by Gasteiger charge is -2.15. The van der Waals surface area contributed by atoms with Crippen molar-refractivity contribution >= 4 is 5.69 Å². The van der Waals surface area contributed by atoms with Gasteiger partial charge >= 0.3 is 0 Å². The quantitative estimate of drug-likeness (QED) is 0.875. The van der Waals surface area contributed by atoms with Crippen molar-refractivity contribution < 1.29 is 0 Å². The van der Waals surface area contributed by atoms with Crippen LogP contribution in [0.1, 0.15) is 18.5 Å². The smallest absolute Gasteiger partial charge is 0.250 e. The molecule has 0 fully saturated rings. The summed E-state index contributed by atoms with van der Waals surface area (Å²) in [6.45, 7) is 2.06. The highest BCUT2D eigenvalue weighted by atomic mass is 16.1. The van der Waals surface area contributed by atoms with E-state index in [1.54, 1.807) is 36.1 Å². The fourth-order valence-corrected chi connectivity index (χ4v) is 1.64. The molecule has 0 radical (unpaired) electrons. The van der Waals surface area contributed by atoms with Crippen molar-refractivity contribution in [3.63, 3.8) is 0 Å². The number of nitrogens with one attached hydrogen (secondary N) is 1. The lowest BCUT2D eigenvalue weighted by Crippen LogP contribution is -2.16. The van der Waals surface area contributed by atoms with Gasteiger partial charge in [0.15, 0.2) is 0 Å². The first kappa shape index (κ1) is 11.4. The van der Waals surface area contributed by atoms with Crippen LogP contribution in [0.5, 0.6) is 0 Å². The lowest BCUT2D eigenvalue weighted by molar-refractivity contribution is 0.837. The standard InChI is InChI=1S/C13H15N3O/c1-10(11-4-3-7-14-8-11)15-12-5-6-13(17)16(2)9-12/h3-10,15H,1-2H3. The molecule has 88 valence electrons. The monoisotopic (exact) mass is 229 g/mol. The molecule has 1 unspecified atom stereocenters. The van der Waals surface area contributed by atoms with Gasteiger partial charge in [-0.3, -0.25) is 9.78 Å². The summed E-state index contributed by atoms with van der Waals surface area (Å²) in [6.07, 6.45) is 5.37. The Kier molecular flexibility index (Phi) is 3.23. The number of hydrogen-bond acceptors (Lipinski definition) is 3. The molecule has 0 saturated heterocycles. The van der Waals surface area contributed by atoms with Gasteiger partial charge in [-0.25, -0.2) is 0 Å². The second-order valence-electron chi connectivity index (χ2n) is 4.02. The van der Waals surface area contributed by atoms with Gasteiger partial charge in [-0.1, -0.05) is 6.07 Å². The number of hydrogen-bond donors (Lipinski definition) is 1. The molecule has 0 spiro atoms. The summed E-state index contributed by atoms with van der Waals surface area (Å²) in [5, 5.41) is 3.33. The third-order valence-corrected chi connectivity index (χ3v) is 2.65. The predicted octanol–water partition coefficient (Wildman–Crippen LogP) is 1.95. The molecule has 0 aliphatic rings. The average Bonchev–Trinajstić information content (AvgIpc) is 2.35. The van der Waals surface area contributed by atoms with E-state index in [1.807, 2.05) is 18.3 Å². The molecular weight excluding hydrogens is 214 g/mol. The van der Waals surface area contributed by atoms with Crippen molar-refractivity contribution in [2.24, 2.45) is 7.05 Å². The minimum atomic E-state index is -0.00965. The Morgan fingerprint density at radius 1 is 1.35 bits per heavy atom. The number of nitrogens with zero attached hydrogens (tertiary/aromatic N) is 2.